The van der Waals surface area contributed by atoms with Crippen molar-refractivity contribution in [3.63, 3.8) is 0 Å². The molecule has 0 atom stereocenters. The Balaban J connectivity index is 1.45. The number of thiophene rings is 1. The molecule has 0 spiro atoms. The molecule has 1 aromatic carbocycles. The molecule has 2 aliphatic rings. The molecule has 1 saturated carbocycles. The minimum atomic E-state index is -3.67. The van der Waals surface area contributed by atoms with Gasteiger partial charge in [-0.2, -0.15) is 4.31 Å². The first-order valence-corrected chi connectivity index (χ1v) is 12.5. The number of sulfonamides is 1. The smallest absolute Gasteiger partial charge is 0.261 e. The number of anilines is 1. The highest BCUT2D eigenvalue weighted by Gasteiger charge is 2.30. The molecule has 1 aromatic heterocycles. The molecule has 2 fully saturated rings. The number of aryl methyl sites for hydroxylation is 1. The van der Waals surface area contributed by atoms with Gasteiger partial charge in [0, 0.05) is 25.6 Å². The number of carbonyl (C=O) groups is 2. The molecule has 1 aliphatic carbocycles. The minimum absolute atomic E-state index is 0.00421. The molecule has 8 nitrogen and oxygen atoms in total. The van der Waals surface area contributed by atoms with Crippen LogP contribution in [0.25, 0.3) is 0 Å². The highest BCUT2D eigenvalue weighted by molar-refractivity contribution is 7.89. The lowest BCUT2D eigenvalue weighted by Crippen LogP contribution is -2.41. The first-order chi connectivity index (χ1) is 14.9. The molecule has 31 heavy (non-hydrogen) atoms. The normalized spacial score (nSPS) is 17.3. The van der Waals surface area contributed by atoms with Crippen molar-refractivity contribution in [2.45, 2.75) is 31.2 Å². The summed E-state index contributed by atoms with van der Waals surface area (Å²) < 4.78 is 32.8. The molecule has 0 radical (unpaired) electrons. The van der Waals surface area contributed by atoms with Crippen molar-refractivity contribution in [3.8, 4) is 0 Å². The molecule has 2 amide bonds. The summed E-state index contributed by atoms with van der Waals surface area (Å²) >= 11 is 1.22. The molecule has 2 heterocycles. The maximum absolute atomic E-state index is 13.1. The van der Waals surface area contributed by atoms with Crippen LogP contribution in [0.5, 0.6) is 0 Å². The lowest BCUT2D eigenvalue weighted by Gasteiger charge is -2.27. The van der Waals surface area contributed by atoms with Gasteiger partial charge in [-0.25, -0.2) is 8.42 Å². The molecular weight excluding hydrogens is 438 g/mol. The van der Waals surface area contributed by atoms with E-state index in [0.29, 0.717) is 41.7 Å². The largest absolute Gasteiger partial charge is 0.379 e. The van der Waals surface area contributed by atoms with Crippen LogP contribution in [0.1, 0.15) is 33.6 Å². The Kier molecular flexibility index (Phi) is 6.42. The Bertz CT molecular complexity index is 1090. The van der Waals surface area contributed by atoms with Crippen LogP contribution in [0.3, 0.4) is 0 Å². The fraction of sp³-hybridized carbons (Fsp3) is 0.429. The Morgan fingerprint density at radius 3 is 2.61 bits per heavy atom. The second-order valence-electron chi connectivity index (χ2n) is 7.69. The van der Waals surface area contributed by atoms with Gasteiger partial charge in [-0.15, -0.1) is 11.3 Å². The first kappa shape index (κ1) is 21.9. The summed E-state index contributed by atoms with van der Waals surface area (Å²) in [5.41, 5.74) is 1.29. The minimum Gasteiger partial charge on any atom is -0.379 e. The number of benzene rings is 1. The highest BCUT2D eigenvalue weighted by Crippen LogP contribution is 2.33. The molecule has 4 rings (SSSR count). The fourth-order valence-corrected chi connectivity index (χ4v) is 6.04. The van der Waals surface area contributed by atoms with Crippen molar-refractivity contribution in [2.24, 2.45) is 5.92 Å². The summed E-state index contributed by atoms with van der Waals surface area (Å²) in [5.74, 6) is -0.215. The van der Waals surface area contributed by atoms with Gasteiger partial charge >= 0.3 is 0 Å². The van der Waals surface area contributed by atoms with Gasteiger partial charge in [0.15, 0.2) is 0 Å². The van der Waals surface area contributed by atoms with Crippen LogP contribution in [-0.4, -0.2) is 50.8 Å². The Morgan fingerprint density at radius 2 is 1.90 bits per heavy atom. The number of nitrogens with zero attached hydrogens (tertiary/aromatic N) is 1. The lowest BCUT2D eigenvalue weighted by molar-refractivity contribution is -0.117. The number of ether oxygens (including phenoxy) is 1. The van der Waals surface area contributed by atoms with Crippen molar-refractivity contribution in [2.75, 3.05) is 31.6 Å². The van der Waals surface area contributed by atoms with Crippen LogP contribution >= 0.6 is 11.3 Å². The van der Waals surface area contributed by atoms with E-state index in [2.05, 4.69) is 10.6 Å². The number of rotatable bonds is 7. The average molecular weight is 464 g/mol. The van der Waals surface area contributed by atoms with Gasteiger partial charge < -0.3 is 15.4 Å². The monoisotopic (exact) mass is 463 g/mol. The SMILES string of the molecule is Cc1cc(NC(=O)C2CC2)sc1C(=O)NCc1ccccc1S(=O)(=O)N1CCOCC1. The topological polar surface area (TPSA) is 105 Å². The number of morpholine rings is 1. The first-order valence-electron chi connectivity index (χ1n) is 10.2. The molecule has 2 N–H and O–H groups in total. The van der Waals surface area contributed by atoms with Gasteiger partial charge in [0.25, 0.3) is 5.91 Å². The van der Waals surface area contributed by atoms with E-state index < -0.39 is 10.0 Å². The van der Waals surface area contributed by atoms with E-state index in [9.17, 15) is 18.0 Å². The van der Waals surface area contributed by atoms with E-state index in [4.69, 9.17) is 4.74 Å². The zero-order chi connectivity index (χ0) is 22.0. The standard InChI is InChI=1S/C21H25N3O5S2/c1-14-12-18(23-20(25)15-6-7-15)30-19(14)21(26)22-13-16-4-2-3-5-17(16)31(27,28)24-8-10-29-11-9-24/h2-5,12,15H,6-11,13H2,1H3,(H,22,26)(H,23,25). The molecule has 1 aliphatic heterocycles. The predicted octanol–water partition coefficient (Wildman–Crippen LogP) is 2.36. The summed E-state index contributed by atoms with van der Waals surface area (Å²) in [7, 11) is -3.67. The number of hydrogen-bond donors (Lipinski definition) is 2. The van der Waals surface area contributed by atoms with Crippen LogP contribution < -0.4 is 10.6 Å². The van der Waals surface area contributed by atoms with E-state index in [0.717, 1.165) is 18.4 Å². The van der Waals surface area contributed by atoms with E-state index in [1.165, 1.54) is 15.6 Å². The second kappa shape index (κ2) is 9.07. The number of amides is 2. The molecule has 2 aromatic rings. The molecule has 0 unspecified atom stereocenters. The van der Waals surface area contributed by atoms with Gasteiger partial charge in [0.1, 0.15) is 0 Å². The highest BCUT2D eigenvalue weighted by atomic mass is 32.2. The van der Waals surface area contributed by atoms with Crippen LogP contribution in [0.15, 0.2) is 35.2 Å². The summed E-state index contributed by atoms with van der Waals surface area (Å²) in [6.07, 6.45) is 1.83. The number of hydrogen-bond acceptors (Lipinski definition) is 6. The fourth-order valence-electron chi connectivity index (χ4n) is 3.42. The van der Waals surface area contributed by atoms with Gasteiger partial charge in [-0.1, -0.05) is 18.2 Å². The van der Waals surface area contributed by atoms with Crippen molar-refractivity contribution in [1.29, 1.82) is 0 Å². The third-order valence-electron chi connectivity index (χ3n) is 5.32. The van der Waals surface area contributed by atoms with E-state index in [1.54, 1.807) is 30.3 Å². The van der Waals surface area contributed by atoms with E-state index in [1.807, 2.05) is 6.92 Å². The van der Waals surface area contributed by atoms with E-state index >= 15 is 0 Å². The maximum atomic E-state index is 13.1. The van der Waals surface area contributed by atoms with Gasteiger partial charge in [-0.3, -0.25) is 9.59 Å². The quantitative estimate of drug-likeness (QED) is 0.656. The van der Waals surface area contributed by atoms with E-state index in [-0.39, 0.29) is 29.2 Å². The molecule has 1 saturated heterocycles. The van der Waals surface area contributed by atoms with Crippen LogP contribution in [0.4, 0.5) is 5.00 Å². The van der Waals surface area contributed by atoms with Gasteiger partial charge in [-0.05, 0) is 43.0 Å². The van der Waals surface area contributed by atoms with Crippen LogP contribution in [-0.2, 0) is 26.1 Å². The zero-order valence-corrected chi connectivity index (χ0v) is 18.9. The molecule has 166 valence electrons. The average Bonchev–Trinajstić information content (AvgIpc) is 3.56. The zero-order valence-electron chi connectivity index (χ0n) is 17.2. The maximum Gasteiger partial charge on any atom is 0.261 e. The van der Waals surface area contributed by atoms with Crippen LogP contribution in [0.2, 0.25) is 0 Å². The molecular formula is C21H25N3O5S2. The second-order valence-corrected chi connectivity index (χ2v) is 10.7. The Hall–Kier alpha value is -2.27. The molecule has 10 heteroatoms. The summed E-state index contributed by atoms with van der Waals surface area (Å²) in [5, 5.41) is 6.34. The number of nitrogens with one attached hydrogen (secondary N) is 2. The third kappa shape index (κ3) is 4.98. The Labute approximate surface area is 185 Å². The molecule has 0 bridgehead atoms. The van der Waals surface area contributed by atoms with Crippen molar-refractivity contribution >= 4 is 38.2 Å². The predicted molar refractivity (Wildman–Crippen MR) is 118 cm³/mol. The van der Waals surface area contributed by atoms with Gasteiger partial charge in [0.2, 0.25) is 15.9 Å². The van der Waals surface area contributed by atoms with Gasteiger partial charge in [0.05, 0.1) is 28.0 Å². The van der Waals surface area contributed by atoms with Crippen LogP contribution in [0, 0.1) is 12.8 Å². The summed E-state index contributed by atoms with van der Waals surface area (Å²) in [6, 6.07) is 8.49. The Morgan fingerprint density at radius 1 is 1.19 bits per heavy atom. The summed E-state index contributed by atoms with van der Waals surface area (Å²) in [4.78, 5) is 25.4. The number of carbonyl (C=O) groups excluding carboxylic acids is 2. The van der Waals surface area contributed by atoms with Crippen molar-refractivity contribution in [1.82, 2.24) is 9.62 Å². The summed E-state index contributed by atoms with van der Waals surface area (Å²) in [6.45, 7) is 3.26. The van der Waals surface area contributed by atoms with Crippen molar-refractivity contribution in [3.05, 3.63) is 46.3 Å². The third-order valence-corrected chi connectivity index (χ3v) is 8.47. The van der Waals surface area contributed by atoms with Crippen molar-refractivity contribution < 1.29 is 22.7 Å². The lowest BCUT2D eigenvalue weighted by atomic mass is 10.2.